The number of unbranched alkanes of at least 4 members (excludes halogenated alkanes) is 12. The Morgan fingerprint density at radius 3 is 1.38 bits per heavy atom. The molecule has 0 bridgehead atoms. The third-order valence-electron chi connectivity index (χ3n) is 8.52. The zero-order valence-corrected chi connectivity index (χ0v) is 35.0. The minimum Gasteiger partial charge on any atom is -0.450 e. The SMILES string of the molecule is C.C.CCN=COP(OCCCCCCCCCC(=O)ON1C(=O)CCC1=O)N(C(C)C)C(C)C.O=C(O)OCCCCCCCCCC(=O)ON1C(=O)CCC1=O. The van der Waals surface area contributed by atoms with Gasteiger partial charge in [-0.15, -0.1) is 10.1 Å². The third-order valence-corrected chi connectivity index (χ3v) is 10.5. The molecule has 0 aromatic rings. The molecule has 2 heterocycles. The van der Waals surface area contributed by atoms with Crippen LogP contribution in [0.5, 0.6) is 0 Å². The zero-order chi connectivity index (χ0) is 41.7. The van der Waals surface area contributed by atoms with Crippen LogP contribution < -0.4 is 0 Å². The Morgan fingerprint density at radius 1 is 0.655 bits per heavy atom. The van der Waals surface area contributed by atoms with Crippen molar-refractivity contribution >= 4 is 56.6 Å². The molecule has 2 fully saturated rings. The van der Waals surface area contributed by atoms with Gasteiger partial charge in [-0.25, -0.2) is 19.1 Å². The monoisotopic (exact) mass is 848 g/mol. The van der Waals surface area contributed by atoms with Crippen molar-refractivity contribution in [2.24, 2.45) is 4.99 Å². The van der Waals surface area contributed by atoms with E-state index in [4.69, 9.17) is 23.8 Å². The van der Waals surface area contributed by atoms with Gasteiger partial charge in [0.25, 0.3) is 23.6 Å². The number of aliphatic imine (C=N–C) groups is 1. The Morgan fingerprint density at radius 2 is 1.02 bits per heavy atom. The Labute approximate surface area is 347 Å². The summed E-state index contributed by atoms with van der Waals surface area (Å²) in [7, 11) is -1.17. The number of hydrogen-bond acceptors (Lipinski definition) is 14. The molecule has 0 aliphatic carbocycles. The predicted molar refractivity (Wildman–Crippen MR) is 221 cm³/mol. The first kappa shape index (κ1) is 56.4. The van der Waals surface area contributed by atoms with Crippen molar-refractivity contribution in [2.75, 3.05) is 19.8 Å². The van der Waals surface area contributed by atoms with Crippen molar-refractivity contribution in [3.8, 4) is 0 Å². The second kappa shape index (κ2) is 34.2. The Bertz CT molecular complexity index is 1210. The van der Waals surface area contributed by atoms with E-state index in [2.05, 4.69) is 42.1 Å². The van der Waals surface area contributed by atoms with Crippen LogP contribution in [0.4, 0.5) is 4.79 Å². The molecule has 4 amide bonds. The van der Waals surface area contributed by atoms with Crippen molar-refractivity contribution in [1.82, 2.24) is 14.8 Å². The van der Waals surface area contributed by atoms with E-state index in [0.29, 0.717) is 48.2 Å². The number of amides is 4. The van der Waals surface area contributed by atoms with E-state index in [0.717, 1.165) is 77.0 Å². The van der Waals surface area contributed by atoms with Crippen molar-refractivity contribution in [2.45, 2.75) is 190 Å². The van der Waals surface area contributed by atoms with Gasteiger partial charge >= 0.3 is 26.6 Å². The van der Waals surface area contributed by atoms with E-state index in [1.165, 1.54) is 6.40 Å². The van der Waals surface area contributed by atoms with Crippen LogP contribution in [0.3, 0.4) is 0 Å². The molecule has 17 nitrogen and oxygen atoms in total. The summed E-state index contributed by atoms with van der Waals surface area (Å²) in [5.74, 6) is -2.88. The van der Waals surface area contributed by atoms with Crippen LogP contribution in [-0.2, 0) is 52.2 Å². The molecule has 0 radical (unpaired) electrons. The lowest BCUT2D eigenvalue weighted by Gasteiger charge is -2.34. The normalized spacial score (nSPS) is 14.4. The summed E-state index contributed by atoms with van der Waals surface area (Å²) in [6.45, 7) is 12.1. The molecule has 2 rings (SSSR count). The number of rotatable bonds is 29. The second-order valence-corrected chi connectivity index (χ2v) is 15.4. The maximum absolute atomic E-state index is 11.8. The van der Waals surface area contributed by atoms with Crippen LogP contribution in [0.2, 0.25) is 0 Å². The molecule has 18 heteroatoms. The van der Waals surface area contributed by atoms with E-state index in [1.807, 2.05) is 6.92 Å². The van der Waals surface area contributed by atoms with Gasteiger partial charge in [0.1, 0.15) is 0 Å². The minimum atomic E-state index is -1.24. The number of nitrogens with zero attached hydrogens (tertiary/aromatic N) is 4. The Balaban J connectivity index is 0. The maximum Gasteiger partial charge on any atom is 0.505 e. The van der Waals surface area contributed by atoms with Crippen LogP contribution in [0, 0.1) is 0 Å². The summed E-state index contributed by atoms with van der Waals surface area (Å²) in [6.07, 6.45) is 14.1. The average Bonchev–Trinajstić information content (AvgIpc) is 3.63. The van der Waals surface area contributed by atoms with Gasteiger partial charge in [-0.3, -0.25) is 24.2 Å². The number of ether oxygens (including phenoxy) is 1. The number of carbonyl (C=O) groups is 7. The number of hydroxylamine groups is 4. The van der Waals surface area contributed by atoms with E-state index >= 15 is 0 Å². The first-order valence-corrected chi connectivity index (χ1v) is 21.3. The third kappa shape index (κ3) is 25.6. The van der Waals surface area contributed by atoms with Crippen LogP contribution in [0.1, 0.15) is 178 Å². The van der Waals surface area contributed by atoms with Gasteiger partial charge in [-0.2, -0.15) is 0 Å². The molecular weight excluding hydrogens is 775 g/mol. The number of imide groups is 2. The maximum atomic E-state index is 11.8. The molecule has 0 aromatic heterocycles. The lowest BCUT2D eigenvalue weighted by molar-refractivity contribution is -0.197. The molecule has 336 valence electrons. The van der Waals surface area contributed by atoms with Crippen molar-refractivity contribution in [3.63, 3.8) is 0 Å². The summed E-state index contributed by atoms with van der Waals surface area (Å²) >= 11 is 0. The minimum absolute atomic E-state index is 0. The van der Waals surface area contributed by atoms with Gasteiger partial charge in [0.05, 0.1) is 13.2 Å². The highest BCUT2D eigenvalue weighted by molar-refractivity contribution is 7.45. The highest BCUT2D eigenvalue weighted by atomic mass is 31.2. The fraction of sp³-hybridized carbons (Fsp3) is 0.800. The number of carbonyl (C=O) groups excluding carboxylic acids is 6. The second-order valence-electron chi connectivity index (χ2n) is 14.0. The molecule has 0 saturated carbocycles. The number of carboxylic acid groups (broad SMARTS) is 1. The van der Waals surface area contributed by atoms with Crippen LogP contribution >= 0.6 is 8.53 Å². The van der Waals surface area contributed by atoms with Crippen molar-refractivity contribution < 1.29 is 62.1 Å². The lowest BCUT2D eigenvalue weighted by atomic mass is 10.1. The molecule has 2 aliphatic heterocycles. The fourth-order valence-electron chi connectivity index (χ4n) is 5.70. The van der Waals surface area contributed by atoms with Crippen molar-refractivity contribution in [1.29, 1.82) is 0 Å². The molecule has 0 spiro atoms. The van der Waals surface area contributed by atoms with Gasteiger partial charge in [0.15, 0.2) is 6.40 Å². The van der Waals surface area contributed by atoms with Gasteiger partial charge in [-0.05, 0) is 60.3 Å². The van der Waals surface area contributed by atoms with E-state index in [-0.39, 0.29) is 60.0 Å². The first-order chi connectivity index (χ1) is 26.8. The highest BCUT2D eigenvalue weighted by Gasteiger charge is 2.33. The standard InChI is InChI=1S/C23H42N3O6P.C15H23NO7.2CH4/c1-6-24-18-31-33(26(19(2)3)20(4)5)30-17-13-11-9-7-8-10-12-14-23(29)32-25-21(27)15-16-22(25)28;17-12-9-10-13(18)16(12)23-14(19)8-6-4-2-1-3-5-7-11-22-15(20)21;;/h18-20H,6-17H2,1-5H3;1-11H2,(H,20,21);2*1H4. The largest absolute Gasteiger partial charge is 0.505 e. The molecule has 0 aromatic carbocycles. The molecule has 58 heavy (non-hydrogen) atoms. The quantitative estimate of drug-likeness (QED) is 0.0186. The molecule has 2 aliphatic rings. The van der Waals surface area contributed by atoms with Gasteiger partial charge in [-0.1, -0.05) is 79.1 Å². The fourth-order valence-corrected chi connectivity index (χ4v) is 7.19. The van der Waals surface area contributed by atoms with E-state index in [1.54, 1.807) is 0 Å². The van der Waals surface area contributed by atoms with Gasteiger partial charge in [0.2, 0.25) is 0 Å². The molecule has 1 atom stereocenters. The summed E-state index contributed by atoms with van der Waals surface area (Å²) < 4.78 is 18.5. The molecular formula is C40H73N4O13P. The topological polar surface area (TPSA) is 208 Å². The van der Waals surface area contributed by atoms with Gasteiger partial charge in [0, 0.05) is 57.2 Å². The smallest absolute Gasteiger partial charge is 0.450 e. The zero-order valence-electron chi connectivity index (χ0n) is 34.1. The first-order valence-electron chi connectivity index (χ1n) is 20.1. The van der Waals surface area contributed by atoms with Crippen LogP contribution in [-0.4, -0.2) is 99.9 Å². The van der Waals surface area contributed by atoms with Gasteiger partial charge < -0.3 is 28.6 Å². The molecule has 2 saturated heterocycles. The highest BCUT2D eigenvalue weighted by Crippen LogP contribution is 2.45. The Hall–Kier alpha value is -3.69. The lowest BCUT2D eigenvalue weighted by Crippen LogP contribution is -2.33. The van der Waals surface area contributed by atoms with Crippen LogP contribution in [0.15, 0.2) is 4.99 Å². The Kier molecular flexibility index (Phi) is 33.3. The van der Waals surface area contributed by atoms with E-state index < -0.39 is 50.2 Å². The number of hydrogen-bond donors (Lipinski definition) is 1. The molecule has 1 N–H and O–H groups in total. The average molecular weight is 849 g/mol. The van der Waals surface area contributed by atoms with E-state index in [9.17, 15) is 33.6 Å². The van der Waals surface area contributed by atoms with Crippen molar-refractivity contribution in [3.05, 3.63) is 0 Å². The van der Waals surface area contributed by atoms with Crippen LogP contribution in [0.25, 0.3) is 0 Å². The predicted octanol–water partition coefficient (Wildman–Crippen LogP) is 8.82. The summed E-state index contributed by atoms with van der Waals surface area (Å²) in [5.41, 5.74) is 0. The summed E-state index contributed by atoms with van der Waals surface area (Å²) in [4.78, 5) is 92.6. The molecule has 1 unspecified atom stereocenters. The summed E-state index contributed by atoms with van der Waals surface area (Å²) in [6, 6.07) is 0.638. The summed E-state index contributed by atoms with van der Waals surface area (Å²) in [5, 5.41) is 9.46.